The van der Waals surface area contributed by atoms with E-state index in [1.54, 1.807) is 0 Å². The first-order valence-corrected chi connectivity index (χ1v) is 5.69. The van der Waals surface area contributed by atoms with Crippen molar-refractivity contribution in [2.24, 2.45) is 0 Å². The van der Waals surface area contributed by atoms with Crippen LogP contribution in [0.15, 0.2) is 16.6 Å². The number of benzene rings is 1. The van der Waals surface area contributed by atoms with Crippen LogP contribution >= 0.6 is 15.9 Å². The molecule has 0 radical (unpaired) electrons. The van der Waals surface area contributed by atoms with E-state index in [2.05, 4.69) is 35.8 Å². The van der Waals surface area contributed by atoms with Crippen molar-refractivity contribution in [1.29, 1.82) is 0 Å². The van der Waals surface area contributed by atoms with Crippen molar-refractivity contribution in [3.8, 4) is 5.75 Å². The second-order valence-electron chi connectivity index (χ2n) is 3.20. The van der Waals surface area contributed by atoms with E-state index >= 15 is 0 Å². The molecular weight excluding hydrogens is 242 g/mol. The third-order valence-corrected chi connectivity index (χ3v) is 2.58. The summed E-state index contributed by atoms with van der Waals surface area (Å²) in [5.74, 6) is 0.768. The molecule has 0 fully saturated rings. The molecule has 1 aromatic rings. The molecule has 0 aliphatic carbocycles. The van der Waals surface area contributed by atoms with Gasteiger partial charge in [-0.05, 0) is 46.5 Å². The first kappa shape index (κ1) is 11.4. The number of hydrogen-bond acceptors (Lipinski definition) is 2. The number of nitrogen functional groups attached to an aromatic ring is 1. The van der Waals surface area contributed by atoms with Crippen molar-refractivity contribution in [3.05, 3.63) is 22.2 Å². The van der Waals surface area contributed by atoms with Gasteiger partial charge in [0.25, 0.3) is 0 Å². The molecule has 14 heavy (non-hydrogen) atoms. The third-order valence-electron chi connectivity index (χ3n) is 1.99. The van der Waals surface area contributed by atoms with E-state index in [0.29, 0.717) is 12.3 Å². The number of aryl methyl sites for hydroxylation is 1. The van der Waals surface area contributed by atoms with Crippen LogP contribution < -0.4 is 10.5 Å². The van der Waals surface area contributed by atoms with E-state index in [9.17, 15) is 0 Å². The van der Waals surface area contributed by atoms with Gasteiger partial charge in [0.05, 0.1) is 16.8 Å². The van der Waals surface area contributed by atoms with Crippen molar-refractivity contribution < 1.29 is 4.74 Å². The lowest BCUT2D eigenvalue weighted by molar-refractivity contribution is 0.317. The van der Waals surface area contributed by atoms with E-state index < -0.39 is 0 Å². The minimum Gasteiger partial charge on any atom is -0.490 e. The van der Waals surface area contributed by atoms with Crippen molar-refractivity contribution >= 4 is 21.6 Å². The van der Waals surface area contributed by atoms with Crippen molar-refractivity contribution in [2.45, 2.75) is 26.7 Å². The number of rotatable bonds is 4. The van der Waals surface area contributed by atoms with Crippen molar-refractivity contribution in [3.63, 3.8) is 0 Å². The first-order chi connectivity index (χ1) is 6.69. The topological polar surface area (TPSA) is 35.2 Å². The van der Waals surface area contributed by atoms with Crippen LogP contribution in [0.4, 0.5) is 5.69 Å². The summed E-state index contributed by atoms with van der Waals surface area (Å²) in [7, 11) is 0. The maximum atomic E-state index is 5.88. The fourth-order valence-electron chi connectivity index (χ4n) is 1.23. The molecule has 0 heterocycles. The van der Waals surface area contributed by atoms with E-state index in [4.69, 9.17) is 10.5 Å². The van der Waals surface area contributed by atoms with Gasteiger partial charge in [-0.15, -0.1) is 0 Å². The maximum absolute atomic E-state index is 5.88. The Morgan fingerprint density at radius 1 is 1.36 bits per heavy atom. The molecule has 0 unspecified atom stereocenters. The van der Waals surface area contributed by atoms with E-state index in [1.807, 2.05) is 6.07 Å². The molecule has 1 aromatic carbocycles. The number of nitrogens with two attached hydrogens (primary N) is 1. The Hall–Kier alpha value is -0.700. The molecule has 0 aliphatic rings. The van der Waals surface area contributed by atoms with Gasteiger partial charge in [-0.3, -0.25) is 0 Å². The van der Waals surface area contributed by atoms with Crippen LogP contribution in [-0.2, 0) is 6.42 Å². The molecule has 78 valence electrons. The molecule has 2 nitrogen and oxygen atoms in total. The Bertz CT molecular complexity index is 289. The third kappa shape index (κ3) is 2.64. The van der Waals surface area contributed by atoms with Gasteiger partial charge in [-0.25, -0.2) is 0 Å². The highest BCUT2D eigenvalue weighted by Gasteiger charge is 2.07. The van der Waals surface area contributed by atoms with Gasteiger partial charge in [0, 0.05) is 0 Å². The monoisotopic (exact) mass is 257 g/mol. The summed E-state index contributed by atoms with van der Waals surface area (Å²) in [6, 6.07) is 4.02. The molecule has 2 N–H and O–H groups in total. The zero-order valence-corrected chi connectivity index (χ0v) is 10.2. The Kier molecular flexibility index (Phi) is 4.26. The van der Waals surface area contributed by atoms with Gasteiger partial charge < -0.3 is 10.5 Å². The second-order valence-corrected chi connectivity index (χ2v) is 4.05. The summed E-state index contributed by atoms with van der Waals surface area (Å²) >= 11 is 3.46. The zero-order chi connectivity index (χ0) is 10.6. The number of halogens is 1. The number of ether oxygens (including phenoxy) is 1. The molecule has 3 heteroatoms. The second kappa shape index (κ2) is 5.25. The van der Waals surface area contributed by atoms with Crippen LogP contribution in [-0.4, -0.2) is 6.61 Å². The summed E-state index contributed by atoms with van der Waals surface area (Å²) in [5.41, 5.74) is 7.82. The van der Waals surface area contributed by atoms with Crippen LogP contribution in [0.25, 0.3) is 0 Å². The van der Waals surface area contributed by atoms with Gasteiger partial charge in [0.15, 0.2) is 5.75 Å². The molecule has 1 rings (SSSR count). The van der Waals surface area contributed by atoms with Crippen molar-refractivity contribution in [1.82, 2.24) is 0 Å². The van der Waals surface area contributed by atoms with Crippen LogP contribution in [0.5, 0.6) is 5.75 Å². The average Bonchev–Trinajstić information content (AvgIpc) is 2.16. The quantitative estimate of drug-likeness (QED) is 0.840. The minimum atomic E-state index is 0.703. The number of hydrogen-bond donors (Lipinski definition) is 1. The van der Waals surface area contributed by atoms with Crippen molar-refractivity contribution in [2.75, 3.05) is 12.3 Å². The van der Waals surface area contributed by atoms with Gasteiger partial charge in [0.2, 0.25) is 0 Å². The van der Waals surface area contributed by atoms with E-state index in [0.717, 1.165) is 23.1 Å². The largest absolute Gasteiger partial charge is 0.490 e. The normalized spacial score (nSPS) is 10.2. The lowest BCUT2D eigenvalue weighted by Gasteiger charge is -2.11. The summed E-state index contributed by atoms with van der Waals surface area (Å²) in [6.45, 7) is 4.88. The minimum absolute atomic E-state index is 0.703. The molecule has 0 atom stereocenters. The summed E-state index contributed by atoms with van der Waals surface area (Å²) in [6.07, 6.45) is 1.97. The number of anilines is 1. The molecule has 0 spiro atoms. The lowest BCUT2D eigenvalue weighted by atomic mass is 10.1. The summed E-state index contributed by atoms with van der Waals surface area (Å²) < 4.78 is 6.49. The van der Waals surface area contributed by atoms with Crippen LogP contribution in [0.2, 0.25) is 0 Å². The maximum Gasteiger partial charge on any atom is 0.156 e. The SMILES string of the molecule is CCCOc1c(N)cc(CC)cc1Br. The predicted octanol–water partition coefficient (Wildman–Crippen LogP) is 3.38. The van der Waals surface area contributed by atoms with Crippen LogP contribution in [0.1, 0.15) is 25.8 Å². The van der Waals surface area contributed by atoms with Gasteiger partial charge in [-0.1, -0.05) is 13.8 Å². The zero-order valence-electron chi connectivity index (χ0n) is 8.64. The molecule has 0 aliphatic heterocycles. The Morgan fingerprint density at radius 2 is 2.07 bits per heavy atom. The standard InChI is InChI=1S/C11H16BrNO/c1-3-5-14-11-9(12)6-8(4-2)7-10(11)13/h6-7H,3-5,13H2,1-2H3. The molecular formula is C11H16BrNO. The molecule has 0 bridgehead atoms. The lowest BCUT2D eigenvalue weighted by Crippen LogP contribution is -2.00. The van der Waals surface area contributed by atoms with E-state index in [1.165, 1.54) is 5.56 Å². The Morgan fingerprint density at radius 3 is 2.57 bits per heavy atom. The molecule has 0 amide bonds. The van der Waals surface area contributed by atoms with E-state index in [-0.39, 0.29) is 0 Å². The predicted molar refractivity (Wildman–Crippen MR) is 63.7 cm³/mol. The average molecular weight is 258 g/mol. The molecule has 0 aromatic heterocycles. The fourth-order valence-corrected chi connectivity index (χ4v) is 1.87. The fraction of sp³-hybridized carbons (Fsp3) is 0.455. The Balaban J connectivity index is 2.93. The Labute approximate surface area is 93.6 Å². The molecule has 0 saturated heterocycles. The highest BCUT2D eigenvalue weighted by Crippen LogP contribution is 2.33. The highest BCUT2D eigenvalue weighted by molar-refractivity contribution is 9.10. The molecule has 0 saturated carbocycles. The smallest absolute Gasteiger partial charge is 0.156 e. The van der Waals surface area contributed by atoms with Gasteiger partial charge >= 0.3 is 0 Å². The highest BCUT2D eigenvalue weighted by atomic mass is 79.9. The summed E-state index contributed by atoms with van der Waals surface area (Å²) in [4.78, 5) is 0. The van der Waals surface area contributed by atoms with Gasteiger partial charge in [0.1, 0.15) is 0 Å². The first-order valence-electron chi connectivity index (χ1n) is 4.89. The summed E-state index contributed by atoms with van der Waals surface area (Å²) in [5, 5.41) is 0. The van der Waals surface area contributed by atoms with Crippen LogP contribution in [0, 0.1) is 0 Å². The van der Waals surface area contributed by atoms with Crippen LogP contribution in [0.3, 0.4) is 0 Å². The van der Waals surface area contributed by atoms with Gasteiger partial charge in [-0.2, -0.15) is 0 Å².